The summed E-state index contributed by atoms with van der Waals surface area (Å²) in [7, 11) is 0. The molecule has 11 heavy (non-hydrogen) atoms. The Morgan fingerprint density at radius 2 is 1.82 bits per heavy atom. The van der Waals surface area contributed by atoms with E-state index in [2.05, 4.69) is 17.5 Å². The lowest BCUT2D eigenvalue weighted by Crippen LogP contribution is -2.18. The molecule has 0 amide bonds. The number of hydrogen-bond acceptors (Lipinski definition) is 2. The van der Waals surface area contributed by atoms with Crippen LogP contribution in [0, 0.1) is 0 Å². The summed E-state index contributed by atoms with van der Waals surface area (Å²) >= 11 is 4.65. The molecular weight excluding hydrogens is 158 g/mol. The molecule has 0 heterocycles. The number of benzene rings is 1. The van der Waals surface area contributed by atoms with E-state index in [-0.39, 0.29) is 5.11 Å². The summed E-state index contributed by atoms with van der Waals surface area (Å²) in [5, 5.41) is 3.04. The van der Waals surface area contributed by atoms with Gasteiger partial charge in [-0.25, -0.2) is 0 Å². The summed E-state index contributed by atoms with van der Waals surface area (Å²) in [5.41, 5.74) is 12.3. The molecule has 0 aliphatic rings. The molecule has 0 fully saturated rings. The summed E-state index contributed by atoms with van der Waals surface area (Å²) in [4.78, 5) is 0. The van der Waals surface area contributed by atoms with Crippen molar-refractivity contribution in [2.45, 2.75) is 0 Å². The number of rotatable bonds is 1. The number of thiocarbonyl (C=S) groups is 1. The van der Waals surface area contributed by atoms with Crippen LogP contribution in [0.2, 0.25) is 0 Å². The van der Waals surface area contributed by atoms with Gasteiger partial charge in [-0.3, -0.25) is 0 Å². The van der Waals surface area contributed by atoms with Crippen molar-refractivity contribution in [2.75, 3.05) is 11.1 Å². The number of anilines is 2. The van der Waals surface area contributed by atoms with E-state index >= 15 is 0 Å². The van der Waals surface area contributed by atoms with Crippen molar-refractivity contribution in [3.63, 3.8) is 0 Å². The number of nitrogen functional groups attached to an aromatic ring is 1. The van der Waals surface area contributed by atoms with Gasteiger partial charge in [0.15, 0.2) is 5.11 Å². The van der Waals surface area contributed by atoms with E-state index in [4.69, 9.17) is 11.5 Å². The molecule has 4 heteroatoms. The van der Waals surface area contributed by atoms with Gasteiger partial charge in [0.25, 0.3) is 0 Å². The van der Waals surface area contributed by atoms with Crippen LogP contribution in [0.5, 0.6) is 0 Å². The Bertz CT molecular complexity index is 255. The van der Waals surface area contributed by atoms with E-state index in [0.29, 0.717) is 0 Å². The van der Waals surface area contributed by atoms with Gasteiger partial charge in [0, 0.05) is 11.4 Å². The van der Waals surface area contributed by atoms with E-state index in [9.17, 15) is 0 Å². The molecule has 0 atom stereocenters. The Hall–Kier alpha value is -1.29. The maximum atomic E-state index is 5.47. The molecule has 1 rings (SSSR count). The van der Waals surface area contributed by atoms with Gasteiger partial charge in [-0.2, -0.15) is 0 Å². The second-order valence-corrected chi connectivity index (χ2v) is 2.55. The lowest BCUT2D eigenvalue weighted by molar-refractivity contribution is 1.60. The predicted octanol–water partition coefficient (Wildman–Crippen LogP) is 0.924. The van der Waals surface area contributed by atoms with Crippen molar-refractivity contribution in [3.8, 4) is 0 Å². The first kappa shape index (κ1) is 7.81. The van der Waals surface area contributed by atoms with E-state index in [1.54, 1.807) is 12.1 Å². The SMILES string of the molecule is NC(=S)Nc1ccc(N)cc1. The zero-order valence-electron chi connectivity index (χ0n) is 5.87. The molecule has 0 spiro atoms. The molecule has 0 aliphatic heterocycles. The Balaban J connectivity index is 2.74. The normalized spacial score (nSPS) is 9.09. The topological polar surface area (TPSA) is 64.1 Å². The average molecular weight is 167 g/mol. The summed E-state index contributed by atoms with van der Waals surface area (Å²) in [6.07, 6.45) is 0. The average Bonchev–Trinajstić information content (AvgIpc) is 1.93. The molecule has 0 aromatic heterocycles. The van der Waals surface area contributed by atoms with Crippen molar-refractivity contribution in [2.24, 2.45) is 5.73 Å². The molecule has 0 aliphatic carbocycles. The number of nitrogens with one attached hydrogen (secondary N) is 1. The summed E-state index contributed by atoms with van der Waals surface area (Å²) in [6, 6.07) is 7.18. The first-order valence-electron chi connectivity index (χ1n) is 3.10. The lowest BCUT2D eigenvalue weighted by Gasteiger charge is -2.02. The van der Waals surface area contributed by atoms with Crippen LogP contribution in [0.1, 0.15) is 0 Å². The first-order valence-corrected chi connectivity index (χ1v) is 3.51. The van der Waals surface area contributed by atoms with Crippen LogP contribution in [0.3, 0.4) is 0 Å². The third-order valence-corrected chi connectivity index (χ3v) is 1.28. The molecule has 0 bridgehead atoms. The van der Waals surface area contributed by atoms with Crippen molar-refractivity contribution in [1.29, 1.82) is 0 Å². The molecule has 3 nitrogen and oxygen atoms in total. The van der Waals surface area contributed by atoms with Crippen LogP contribution in [0.15, 0.2) is 24.3 Å². The summed E-state index contributed by atoms with van der Waals surface area (Å²) < 4.78 is 0. The molecule has 0 unspecified atom stereocenters. The van der Waals surface area contributed by atoms with Crippen molar-refractivity contribution < 1.29 is 0 Å². The Labute approximate surface area is 70.4 Å². The van der Waals surface area contributed by atoms with E-state index < -0.39 is 0 Å². The van der Waals surface area contributed by atoms with Crippen LogP contribution >= 0.6 is 12.2 Å². The van der Waals surface area contributed by atoms with Crippen molar-refractivity contribution >= 4 is 28.7 Å². The smallest absolute Gasteiger partial charge is 0.168 e. The molecule has 5 N–H and O–H groups in total. The third kappa shape index (κ3) is 2.43. The lowest BCUT2D eigenvalue weighted by atomic mass is 10.3. The fraction of sp³-hybridized carbons (Fsp3) is 0. The highest BCUT2D eigenvalue weighted by atomic mass is 32.1. The van der Waals surface area contributed by atoms with Crippen molar-refractivity contribution in [1.82, 2.24) is 0 Å². The van der Waals surface area contributed by atoms with E-state index in [1.165, 1.54) is 0 Å². The van der Waals surface area contributed by atoms with Gasteiger partial charge in [-0.05, 0) is 36.5 Å². The first-order chi connectivity index (χ1) is 5.18. The molecule has 0 saturated heterocycles. The van der Waals surface area contributed by atoms with Gasteiger partial charge < -0.3 is 16.8 Å². The minimum atomic E-state index is 0.259. The maximum Gasteiger partial charge on any atom is 0.168 e. The van der Waals surface area contributed by atoms with Crippen LogP contribution in [-0.2, 0) is 0 Å². The monoisotopic (exact) mass is 167 g/mol. The largest absolute Gasteiger partial charge is 0.399 e. The fourth-order valence-corrected chi connectivity index (χ4v) is 0.827. The zero-order chi connectivity index (χ0) is 8.27. The predicted molar refractivity (Wildman–Crippen MR) is 51.3 cm³/mol. The summed E-state index contributed by atoms with van der Waals surface area (Å²) in [6.45, 7) is 0. The highest BCUT2D eigenvalue weighted by Gasteiger charge is 1.90. The van der Waals surface area contributed by atoms with Crippen LogP contribution < -0.4 is 16.8 Å². The second-order valence-electron chi connectivity index (χ2n) is 2.11. The fourth-order valence-electron chi connectivity index (χ4n) is 0.709. The molecule has 58 valence electrons. The second kappa shape index (κ2) is 3.21. The van der Waals surface area contributed by atoms with Crippen molar-refractivity contribution in [3.05, 3.63) is 24.3 Å². The highest BCUT2D eigenvalue weighted by Crippen LogP contribution is 2.09. The van der Waals surface area contributed by atoms with Crippen LogP contribution in [0.4, 0.5) is 11.4 Å². The number of nitrogens with two attached hydrogens (primary N) is 2. The molecule has 0 saturated carbocycles. The van der Waals surface area contributed by atoms with Gasteiger partial charge >= 0.3 is 0 Å². The van der Waals surface area contributed by atoms with Crippen LogP contribution in [-0.4, -0.2) is 5.11 Å². The molecule has 1 aromatic rings. The van der Waals surface area contributed by atoms with Gasteiger partial charge in [-0.1, -0.05) is 0 Å². The molecular formula is C7H9N3S. The Morgan fingerprint density at radius 3 is 2.27 bits per heavy atom. The van der Waals surface area contributed by atoms with Gasteiger partial charge in [0.1, 0.15) is 0 Å². The van der Waals surface area contributed by atoms with Gasteiger partial charge in [0.05, 0.1) is 0 Å². The van der Waals surface area contributed by atoms with E-state index in [0.717, 1.165) is 11.4 Å². The maximum absolute atomic E-state index is 5.47. The van der Waals surface area contributed by atoms with Gasteiger partial charge in [0.2, 0.25) is 0 Å². The zero-order valence-corrected chi connectivity index (χ0v) is 6.69. The Morgan fingerprint density at radius 1 is 1.27 bits per heavy atom. The standard InChI is InChI=1S/C7H9N3S/c8-5-1-3-6(4-2-5)10-7(9)11/h1-4H,8H2,(H3,9,10,11). The number of hydrogen-bond donors (Lipinski definition) is 3. The summed E-state index contributed by atoms with van der Waals surface area (Å²) in [5.74, 6) is 0. The third-order valence-electron chi connectivity index (χ3n) is 1.18. The minimum absolute atomic E-state index is 0.259. The Kier molecular flexibility index (Phi) is 2.28. The van der Waals surface area contributed by atoms with Crippen LogP contribution in [0.25, 0.3) is 0 Å². The molecule has 1 aromatic carbocycles. The quantitative estimate of drug-likeness (QED) is 0.430. The van der Waals surface area contributed by atoms with Gasteiger partial charge in [-0.15, -0.1) is 0 Å². The highest BCUT2D eigenvalue weighted by molar-refractivity contribution is 7.80. The van der Waals surface area contributed by atoms with E-state index in [1.807, 2.05) is 12.1 Å². The molecule has 0 radical (unpaired) electrons. The minimum Gasteiger partial charge on any atom is -0.399 e.